The molecule has 5 nitrogen and oxygen atoms in total. The highest BCUT2D eigenvalue weighted by Crippen LogP contribution is 2.52. The summed E-state index contributed by atoms with van der Waals surface area (Å²) in [5.41, 5.74) is 2.63. The predicted octanol–water partition coefficient (Wildman–Crippen LogP) is 3.94. The number of hydrogen-bond donors (Lipinski definition) is 0. The molecule has 1 aromatic carbocycles. The molecule has 1 aliphatic carbocycles. The molecule has 2 saturated heterocycles. The highest BCUT2D eigenvalue weighted by molar-refractivity contribution is 5.49. The van der Waals surface area contributed by atoms with E-state index in [1.807, 2.05) is 0 Å². The monoisotopic (exact) mass is 375 g/mol. The first kappa shape index (κ1) is 19.0. The molecule has 27 heavy (non-hydrogen) atoms. The van der Waals surface area contributed by atoms with E-state index in [0.717, 1.165) is 24.3 Å². The van der Waals surface area contributed by atoms with E-state index >= 15 is 0 Å². The Bertz CT molecular complexity index is 671. The average Bonchev–Trinajstić information content (AvgIpc) is 3.19. The van der Waals surface area contributed by atoms with Gasteiger partial charge in [-0.1, -0.05) is 19.8 Å². The molecule has 150 valence electrons. The fraction of sp³-hybridized carbons (Fsp3) is 0.727. The van der Waals surface area contributed by atoms with Crippen LogP contribution in [-0.2, 0) is 15.9 Å². The lowest BCUT2D eigenvalue weighted by atomic mass is 9.71. The van der Waals surface area contributed by atoms with Crippen LogP contribution in [0.25, 0.3) is 0 Å². The summed E-state index contributed by atoms with van der Waals surface area (Å²) >= 11 is 0. The van der Waals surface area contributed by atoms with Crippen molar-refractivity contribution in [1.82, 2.24) is 4.90 Å². The molecule has 0 radical (unpaired) electrons. The van der Waals surface area contributed by atoms with Crippen LogP contribution in [0, 0.1) is 5.92 Å². The molecule has 1 saturated carbocycles. The molecular formula is C22H33NO4. The zero-order chi connectivity index (χ0) is 19.0. The van der Waals surface area contributed by atoms with E-state index in [-0.39, 0.29) is 6.04 Å². The number of likely N-dealkylation sites (tertiary alicyclic amines) is 1. The third-order valence-corrected chi connectivity index (χ3v) is 6.95. The van der Waals surface area contributed by atoms with Gasteiger partial charge < -0.3 is 18.9 Å². The summed E-state index contributed by atoms with van der Waals surface area (Å²) < 4.78 is 23.8. The summed E-state index contributed by atoms with van der Waals surface area (Å²) in [6.45, 7) is 3.63. The molecule has 3 atom stereocenters. The van der Waals surface area contributed by atoms with Gasteiger partial charge in [0.05, 0.1) is 27.4 Å². The molecular weight excluding hydrogens is 342 g/mol. The van der Waals surface area contributed by atoms with Crippen LogP contribution in [0.1, 0.15) is 56.2 Å². The van der Waals surface area contributed by atoms with Gasteiger partial charge in [-0.3, -0.25) is 4.90 Å². The number of aryl methyl sites for hydroxylation is 1. The van der Waals surface area contributed by atoms with E-state index in [9.17, 15) is 0 Å². The number of rotatable bonds is 4. The summed E-state index contributed by atoms with van der Waals surface area (Å²) in [6, 6.07) is 5.08. The molecule has 4 rings (SSSR count). The maximum atomic E-state index is 6.32. The van der Waals surface area contributed by atoms with Crippen molar-refractivity contribution in [3.05, 3.63) is 23.3 Å². The molecule has 2 heterocycles. The second-order valence-corrected chi connectivity index (χ2v) is 8.11. The van der Waals surface area contributed by atoms with Gasteiger partial charge in [-0.05, 0) is 49.6 Å². The van der Waals surface area contributed by atoms with Crippen molar-refractivity contribution in [3.63, 3.8) is 0 Å². The fourth-order valence-corrected chi connectivity index (χ4v) is 5.59. The molecule has 1 aromatic rings. The summed E-state index contributed by atoms with van der Waals surface area (Å²) in [6.07, 6.45) is 6.84. The maximum absolute atomic E-state index is 6.32. The minimum absolute atomic E-state index is 0.261. The number of hydrogen-bond acceptors (Lipinski definition) is 5. The van der Waals surface area contributed by atoms with Gasteiger partial charge >= 0.3 is 0 Å². The van der Waals surface area contributed by atoms with Crippen molar-refractivity contribution in [3.8, 4) is 11.5 Å². The van der Waals surface area contributed by atoms with Gasteiger partial charge in [0, 0.05) is 24.4 Å². The summed E-state index contributed by atoms with van der Waals surface area (Å²) in [7, 11) is 5.69. The Morgan fingerprint density at radius 1 is 1.07 bits per heavy atom. The number of piperidine rings is 1. The fourth-order valence-electron chi connectivity index (χ4n) is 5.59. The van der Waals surface area contributed by atoms with E-state index in [1.165, 1.54) is 36.8 Å². The van der Waals surface area contributed by atoms with Gasteiger partial charge in [0.2, 0.25) is 0 Å². The molecule has 0 amide bonds. The van der Waals surface area contributed by atoms with Crippen LogP contribution in [0.15, 0.2) is 12.1 Å². The molecule has 1 spiro atoms. The Morgan fingerprint density at radius 2 is 1.74 bits per heavy atom. The molecule has 3 unspecified atom stereocenters. The smallest absolute Gasteiger partial charge is 0.174 e. The van der Waals surface area contributed by atoms with Crippen molar-refractivity contribution in [2.45, 2.75) is 63.3 Å². The van der Waals surface area contributed by atoms with Gasteiger partial charge in [-0.2, -0.15) is 0 Å². The largest absolute Gasteiger partial charge is 0.493 e. The third kappa shape index (κ3) is 3.14. The molecule has 5 heteroatoms. The lowest BCUT2D eigenvalue weighted by molar-refractivity contribution is -0.252. The van der Waals surface area contributed by atoms with Crippen molar-refractivity contribution < 1.29 is 18.9 Å². The zero-order valence-electron chi connectivity index (χ0n) is 17.1. The highest BCUT2D eigenvalue weighted by atomic mass is 16.7. The molecule has 0 N–H and O–H groups in total. The highest BCUT2D eigenvalue weighted by Gasteiger charge is 2.55. The van der Waals surface area contributed by atoms with Crippen LogP contribution in [0.4, 0.5) is 0 Å². The maximum Gasteiger partial charge on any atom is 0.174 e. The van der Waals surface area contributed by atoms with Crippen LogP contribution >= 0.6 is 0 Å². The van der Waals surface area contributed by atoms with Crippen LogP contribution < -0.4 is 9.47 Å². The minimum Gasteiger partial charge on any atom is -0.493 e. The Balaban J connectivity index is 1.76. The van der Waals surface area contributed by atoms with Crippen molar-refractivity contribution >= 4 is 0 Å². The number of fused-ring (bicyclic) bond motifs is 2. The van der Waals surface area contributed by atoms with E-state index < -0.39 is 5.79 Å². The second-order valence-electron chi connectivity index (χ2n) is 8.11. The molecule has 2 aliphatic heterocycles. The molecule has 0 aromatic heterocycles. The zero-order valence-corrected chi connectivity index (χ0v) is 17.1. The van der Waals surface area contributed by atoms with Gasteiger partial charge in [-0.25, -0.2) is 0 Å². The van der Waals surface area contributed by atoms with Gasteiger partial charge in [0.25, 0.3) is 0 Å². The topological polar surface area (TPSA) is 40.2 Å². The van der Waals surface area contributed by atoms with E-state index in [1.54, 1.807) is 14.2 Å². The van der Waals surface area contributed by atoms with Crippen LogP contribution in [0.3, 0.4) is 0 Å². The number of ether oxygens (including phenoxy) is 4. The van der Waals surface area contributed by atoms with Crippen molar-refractivity contribution in [2.75, 3.05) is 34.5 Å². The Kier molecular flexibility index (Phi) is 5.36. The quantitative estimate of drug-likeness (QED) is 0.797. The Morgan fingerprint density at radius 3 is 2.41 bits per heavy atom. The first-order valence-electron chi connectivity index (χ1n) is 10.4. The molecule has 0 bridgehead atoms. The van der Waals surface area contributed by atoms with Crippen molar-refractivity contribution in [2.24, 2.45) is 5.92 Å². The average molecular weight is 376 g/mol. The van der Waals surface area contributed by atoms with Gasteiger partial charge in [0.15, 0.2) is 17.3 Å². The van der Waals surface area contributed by atoms with Gasteiger partial charge in [-0.15, -0.1) is 0 Å². The predicted molar refractivity (Wildman–Crippen MR) is 104 cm³/mol. The minimum atomic E-state index is -0.416. The summed E-state index contributed by atoms with van der Waals surface area (Å²) in [5.74, 6) is 1.65. The van der Waals surface area contributed by atoms with Crippen LogP contribution in [-0.4, -0.2) is 51.2 Å². The normalized spacial score (nSPS) is 30.3. The lowest BCUT2D eigenvalue weighted by Crippen LogP contribution is -2.59. The Labute approximate surface area is 162 Å². The first-order valence-corrected chi connectivity index (χ1v) is 10.4. The van der Waals surface area contributed by atoms with Crippen LogP contribution in [0.2, 0.25) is 0 Å². The molecule has 3 fully saturated rings. The lowest BCUT2D eigenvalue weighted by Gasteiger charge is -2.54. The summed E-state index contributed by atoms with van der Waals surface area (Å²) in [4.78, 5) is 2.58. The molecule has 3 aliphatic rings. The Hall–Kier alpha value is -1.30. The van der Waals surface area contributed by atoms with Crippen LogP contribution in [0.5, 0.6) is 11.5 Å². The van der Waals surface area contributed by atoms with Gasteiger partial charge in [0.1, 0.15) is 0 Å². The number of methoxy groups -OCH3 is 2. The van der Waals surface area contributed by atoms with E-state index in [4.69, 9.17) is 18.9 Å². The standard InChI is InChI=1S/C22H33NO4/c1-5-15-12-20(24-3)21(25-4)13-16(15)19-14-22(26-10-11-27-22)17-8-6-7-9-18(17)23(19)2/h12-13,17-19H,5-11,14H2,1-4H3. The summed E-state index contributed by atoms with van der Waals surface area (Å²) in [5, 5.41) is 0. The third-order valence-electron chi connectivity index (χ3n) is 6.95. The second kappa shape index (κ2) is 7.61. The van der Waals surface area contributed by atoms with E-state index in [2.05, 4.69) is 31.0 Å². The first-order chi connectivity index (χ1) is 13.1. The van der Waals surface area contributed by atoms with Crippen molar-refractivity contribution in [1.29, 1.82) is 0 Å². The number of nitrogens with zero attached hydrogens (tertiary/aromatic N) is 1. The SMILES string of the molecule is CCc1cc(OC)c(OC)cc1C1CC2(OCCO2)C2CCCCC2N1C. The number of benzene rings is 1. The van der Waals surface area contributed by atoms with E-state index in [0.29, 0.717) is 25.2 Å².